The third-order valence-corrected chi connectivity index (χ3v) is 4.16. The van der Waals surface area contributed by atoms with Crippen molar-refractivity contribution in [2.75, 3.05) is 6.54 Å². The van der Waals surface area contributed by atoms with Gasteiger partial charge in [-0.15, -0.1) is 0 Å². The van der Waals surface area contributed by atoms with E-state index in [1.54, 1.807) is 0 Å². The van der Waals surface area contributed by atoms with Gasteiger partial charge in [-0.25, -0.2) is 8.78 Å². The van der Waals surface area contributed by atoms with Crippen LogP contribution in [0.2, 0.25) is 0 Å². The second-order valence-corrected chi connectivity index (χ2v) is 5.95. The summed E-state index contributed by atoms with van der Waals surface area (Å²) in [5.41, 5.74) is -0.415. The highest BCUT2D eigenvalue weighted by Crippen LogP contribution is 2.43. The molecule has 0 radical (unpaired) electrons. The van der Waals surface area contributed by atoms with E-state index in [2.05, 4.69) is 19.2 Å². The number of alkyl halides is 2. The molecule has 1 spiro atoms. The number of hydrogen-bond donors (Lipinski definition) is 1. The first-order chi connectivity index (χ1) is 7.25. The van der Waals surface area contributed by atoms with Crippen molar-refractivity contribution in [3.8, 4) is 0 Å². The molecule has 16 heavy (non-hydrogen) atoms. The standard InChI is InChI=1S/C12H21F2NO/c1-9-10(2,3)8-15-12(16-9)6-4-11(13,14)5-7-12/h9,15H,4-8H2,1-3H3. The number of nitrogens with one attached hydrogen (secondary N) is 1. The van der Waals surface area contributed by atoms with E-state index in [0.717, 1.165) is 6.54 Å². The summed E-state index contributed by atoms with van der Waals surface area (Å²) in [6.45, 7) is 7.14. The Morgan fingerprint density at radius 1 is 1.12 bits per heavy atom. The maximum Gasteiger partial charge on any atom is 0.248 e. The second-order valence-electron chi connectivity index (χ2n) is 5.95. The zero-order valence-corrected chi connectivity index (χ0v) is 10.3. The maximum atomic E-state index is 13.1. The molecule has 0 aromatic rings. The predicted molar refractivity (Wildman–Crippen MR) is 58.5 cm³/mol. The molecule has 0 bridgehead atoms. The summed E-state index contributed by atoms with van der Waals surface area (Å²) in [4.78, 5) is 0. The molecule has 94 valence electrons. The van der Waals surface area contributed by atoms with Crippen molar-refractivity contribution in [2.45, 2.75) is 64.2 Å². The monoisotopic (exact) mass is 233 g/mol. The average molecular weight is 233 g/mol. The Morgan fingerprint density at radius 2 is 1.69 bits per heavy atom. The van der Waals surface area contributed by atoms with Gasteiger partial charge in [-0.3, -0.25) is 5.32 Å². The molecule has 2 aliphatic rings. The molecule has 0 aromatic carbocycles. The summed E-state index contributed by atoms with van der Waals surface area (Å²) in [6, 6.07) is 0. The fourth-order valence-electron chi connectivity index (χ4n) is 2.39. The smallest absolute Gasteiger partial charge is 0.248 e. The lowest BCUT2D eigenvalue weighted by atomic mass is 9.81. The van der Waals surface area contributed by atoms with E-state index in [0.29, 0.717) is 12.8 Å². The molecule has 0 amide bonds. The van der Waals surface area contributed by atoms with Gasteiger partial charge in [0.25, 0.3) is 0 Å². The highest BCUT2D eigenvalue weighted by molar-refractivity contribution is 4.95. The van der Waals surface area contributed by atoms with Crippen molar-refractivity contribution in [3.63, 3.8) is 0 Å². The lowest BCUT2D eigenvalue weighted by Crippen LogP contribution is -2.62. The molecule has 4 heteroatoms. The van der Waals surface area contributed by atoms with Crippen molar-refractivity contribution in [1.82, 2.24) is 5.32 Å². The van der Waals surface area contributed by atoms with Crippen LogP contribution in [0.3, 0.4) is 0 Å². The zero-order chi connectivity index (χ0) is 12.0. The molecular weight excluding hydrogens is 212 g/mol. The molecule has 1 aliphatic heterocycles. The second kappa shape index (κ2) is 3.64. The summed E-state index contributed by atoms with van der Waals surface area (Å²) < 4.78 is 32.2. The molecule has 2 fully saturated rings. The first-order valence-corrected chi connectivity index (χ1v) is 6.06. The van der Waals surface area contributed by atoms with E-state index < -0.39 is 11.6 Å². The van der Waals surface area contributed by atoms with Gasteiger partial charge in [-0.2, -0.15) is 0 Å². The molecule has 1 N–H and O–H groups in total. The fourth-order valence-corrected chi connectivity index (χ4v) is 2.39. The van der Waals surface area contributed by atoms with Gasteiger partial charge in [0.15, 0.2) is 0 Å². The van der Waals surface area contributed by atoms with Crippen LogP contribution in [0.1, 0.15) is 46.5 Å². The third-order valence-electron chi connectivity index (χ3n) is 4.16. The molecule has 1 atom stereocenters. The first-order valence-electron chi connectivity index (χ1n) is 6.06. The molecule has 2 rings (SSSR count). The van der Waals surface area contributed by atoms with Crippen LogP contribution in [0.4, 0.5) is 8.78 Å². The molecule has 2 nitrogen and oxygen atoms in total. The largest absolute Gasteiger partial charge is 0.357 e. The van der Waals surface area contributed by atoms with Crippen molar-refractivity contribution in [2.24, 2.45) is 5.41 Å². The molecule has 1 aliphatic carbocycles. The Balaban J connectivity index is 2.02. The molecular formula is C12H21F2NO. The van der Waals surface area contributed by atoms with Crippen molar-refractivity contribution < 1.29 is 13.5 Å². The maximum absolute atomic E-state index is 13.1. The summed E-state index contributed by atoms with van der Waals surface area (Å²) in [6.07, 6.45) is 0.821. The van der Waals surface area contributed by atoms with Gasteiger partial charge >= 0.3 is 0 Å². The Morgan fingerprint density at radius 3 is 2.19 bits per heavy atom. The predicted octanol–water partition coefficient (Wildman–Crippen LogP) is 2.93. The molecule has 1 saturated carbocycles. The Kier molecular flexibility index (Phi) is 2.78. The Labute approximate surface area is 95.7 Å². The molecule has 1 unspecified atom stereocenters. The van der Waals surface area contributed by atoms with Gasteiger partial charge in [0.05, 0.1) is 6.10 Å². The van der Waals surface area contributed by atoms with Gasteiger partial charge in [0, 0.05) is 24.8 Å². The van der Waals surface area contributed by atoms with Crippen molar-refractivity contribution in [3.05, 3.63) is 0 Å². The zero-order valence-electron chi connectivity index (χ0n) is 10.3. The minimum atomic E-state index is -2.49. The van der Waals surface area contributed by atoms with E-state index in [9.17, 15) is 8.78 Å². The van der Waals surface area contributed by atoms with Gasteiger partial charge in [-0.1, -0.05) is 13.8 Å². The summed E-state index contributed by atoms with van der Waals surface area (Å²) in [7, 11) is 0. The van der Waals surface area contributed by atoms with Crippen LogP contribution in [0.5, 0.6) is 0 Å². The van der Waals surface area contributed by atoms with Crippen molar-refractivity contribution in [1.29, 1.82) is 0 Å². The van der Waals surface area contributed by atoms with E-state index in [1.807, 2.05) is 6.92 Å². The van der Waals surface area contributed by atoms with Gasteiger partial charge in [0.1, 0.15) is 5.72 Å². The lowest BCUT2D eigenvalue weighted by Gasteiger charge is -2.51. The minimum absolute atomic E-state index is 0.0624. The number of halogens is 2. The summed E-state index contributed by atoms with van der Waals surface area (Å²) in [5.74, 6) is -2.49. The van der Waals surface area contributed by atoms with E-state index in [-0.39, 0.29) is 24.4 Å². The quantitative estimate of drug-likeness (QED) is 0.694. The highest BCUT2D eigenvalue weighted by atomic mass is 19.3. The first kappa shape index (κ1) is 12.2. The van der Waals surface area contributed by atoms with Gasteiger partial charge in [-0.05, 0) is 19.8 Å². The SMILES string of the molecule is CC1OC2(CCC(F)(F)CC2)NCC1(C)C. The lowest BCUT2D eigenvalue weighted by molar-refractivity contribution is -0.217. The van der Waals surface area contributed by atoms with Crippen LogP contribution >= 0.6 is 0 Å². The van der Waals surface area contributed by atoms with E-state index in [4.69, 9.17) is 4.74 Å². The van der Waals surface area contributed by atoms with Crippen molar-refractivity contribution >= 4 is 0 Å². The fraction of sp³-hybridized carbons (Fsp3) is 1.00. The van der Waals surface area contributed by atoms with Crippen LogP contribution in [0, 0.1) is 5.41 Å². The normalized spacial score (nSPS) is 36.2. The minimum Gasteiger partial charge on any atom is -0.357 e. The number of rotatable bonds is 0. The van der Waals surface area contributed by atoms with E-state index >= 15 is 0 Å². The average Bonchev–Trinajstić information content (AvgIpc) is 2.18. The van der Waals surface area contributed by atoms with Crippen LogP contribution < -0.4 is 5.32 Å². The molecule has 1 saturated heterocycles. The topological polar surface area (TPSA) is 21.3 Å². The van der Waals surface area contributed by atoms with Crippen LogP contribution in [-0.2, 0) is 4.74 Å². The van der Waals surface area contributed by atoms with Crippen LogP contribution in [0.25, 0.3) is 0 Å². The van der Waals surface area contributed by atoms with Crippen LogP contribution in [-0.4, -0.2) is 24.3 Å². The third kappa shape index (κ3) is 2.23. The summed E-state index contributed by atoms with van der Waals surface area (Å²) >= 11 is 0. The Hall–Kier alpha value is -0.220. The molecule has 0 aromatic heterocycles. The van der Waals surface area contributed by atoms with Crippen LogP contribution in [0.15, 0.2) is 0 Å². The number of ether oxygens (including phenoxy) is 1. The van der Waals surface area contributed by atoms with E-state index in [1.165, 1.54) is 0 Å². The van der Waals surface area contributed by atoms with Gasteiger partial charge < -0.3 is 4.74 Å². The van der Waals surface area contributed by atoms with Gasteiger partial charge in [0.2, 0.25) is 5.92 Å². The number of hydrogen-bond acceptors (Lipinski definition) is 2. The Bertz CT molecular complexity index is 263. The highest BCUT2D eigenvalue weighted by Gasteiger charge is 2.49. The summed E-state index contributed by atoms with van der Waals surface area (Å²) in [5, 5.41) is 3.34. The molecule has 1 heterocycles.